The van der Waals surface area contributed by atoms with Gasteiger partial charge in [0.2, 0.25) is 0 Å². The second-order valence-electron chi connectivity index (χ2n) is 5.00. The molecule has 1 N–H and O–H groups in total. The van der Waals surface area contributed by atoms with Gasteiger partial charge < -0.3 is 5.32 Å². The summed E-state index contributed by atoms with van der Waals surface area (Å²) in [6, 6.07) is 0.939. The third kappa shape index (κ3) is 3.36. The van der Waals surface area contributed by atoms with Gasteiger partial charge in [-0.3, -0.25) is 23.7 Å². The molecule has 0 spiro atoms. The number of amides is 1. The average Bonchev–Trinajstić information content (AvgIpc) is 2.53. The Morgan fingerprint density at radius 3 is 2.46 bits per heavy atom. The number of nitrogens with zero attached hydrogens (tertiary/aromatic N) is 3. The topological polar surface area (TPSA) is 86.0 Å². The molecule has 0 aliphatic rings. The van der Waals surface area contributed by atoms with Crippen LogP contribution in [0.5, 0.6) is 0 Å². The molecule has 10 heteroatoms. The Hall–Kier alpha value is -2.91. The van der Waals surface area contributed by atoms with Crippen molar-refractivity contribution in [1.82, 2.24) is 19.4 Å². The maximum absolute atomic E-state index is 13.2. The predicted octanol–water partition coefficient (Wildman–Crippen LogP) is 0.512. The maximum atomic E-state index is 13.2. The number of carbonyl (C=O) groups is 1. The van der Waals surface area contributed by atoms with Crippen LogP contribution in [0.15, 0.2) is 40.2 Å². The number of halogens is 3. The van der Waals surface area contributed by atoms with Gasteiger partial charge in [-0.05, 0) is 6.07 Å². The van der Waals surface area contributed by atoms with E-state index in [1.54, 1.807) is 5.32 Å². The number of rotatable bonds is 3. The van der Waals surface area contributed by atoms with Crippen LogP contribution in [0.1, 0.15) is 22.1 Å². The highest BCUT2D eigenvalue weighted by Gasteiger charge is 2.42. The van der Waals surface area contributed by atoms with Gasteiger partial charge in [0.15, 0.2) is 6.04 Å². The van der Waals surface area contributed by atoms with Crippen molar-refractivity contribution in [3.8, 4) is 0 Å². The Kier molecular flexibility index (Phi) is 4.58. The zero-order chi connectivity index (χ0) is 18.1. The smallest absolute Gasteiger partial charge is 0.335 e. The van der Waals surface area contributed by atoms with Crippen molar-refractivity contribution in [1.29, 1.82) is 0 Å². The van der Waals surface area contributed by atoms with E-state index in [4.69, 9.17) is 0 Å². The van der Waals surface area contributed by atoms with Crippen molar-refractivity contribution < 1.29 is 18.0 Å². The third-order valence-corrected chi connectivity index (χ3v) is 3.38. The maximum Gasteiger partial charge on any atom is 0.412 e. The molecule has 0 aromatic carbocycles. The fourth-order valence-corrected chi connectivity index (χ4v) is 2.06. The number of carbonyl (C=O) groups excluding carboxylic acids is 1. The van der Waals surface area contributed by atoms with E-state index in [-0.39, 0.29) is 5.56 Å². The summed E-state index contributed by atoms with van der Waals surface area (Å²) in [4.78, 5) is 39.2. The van der Waals surface area contributed by atoms with Crippen LogP contribution in [0.25, 0.3) is 0 Å². The predicted molar refractivity (Wildman–Crippen MR) is 77.4 cm³/mol. The van der Waals surface area contributed by atoms with Gasteiger partial charge >= 0.3 is 11.9 Å². The van der Waals surface area contributed by atoms with Gasteiger partial charge in [-0.1, -0.05) is 6.07 Å². The molecule has 2 rings (SSSR count). The first kappa shape index (κ1) is 17.4. The van der Waals surface area contributed by atoms with Crippen LogP contribution < -0.4 is 16.6 Å². The Balaban J connectivity index is 2.43. The van der Waals surface area contributed by atoms with Gasteiger partial charge in [0, 0.05) is 38.1 Å². The van der Waals surface area contributed by atoms with Crippen molar-refractivity contribution in [2.24, 2.45) is 14.1 Å². The van der Waals surface area contributed by atoms with E-state index in [2.05, 4.69) is 4.98 Å². The molecule has 0 aliphatic carbocycles. The van der Waals surface area contributed by atoms with Crippen molar-refractivity contribution in [3.05, 3.63) is 62.7 Å². The molecule has 1 amide bonds. The summed E-state index contributed by atoms with van der Waals surface area (Å²) in [5, 5.41) is 1.79. The van der Waals surface area contributed by atoms with Crippen LogP contribution in [0.2, 0.25) is 0 Å². The highest BCUT2D eigenvalue weighted by molar-refractivity contribution is 5.92. The fourth-order valence-electron chi connectivity index (χ4n) is 2.06. The first-order valence-corrected chi connectivity index (χ1v) is 6.67. The molecule has 0 saturated carbocycles. The Morgan fingerprint density at radius 2 is 1.92 bits per heavy atom. The van der Waals surface area contributed by atoms with E-state index in [9.17, 15) is 27.6 Å². The zero-order valence-corrected chi connectivity index (χ0v) is 12.7. The third-order valence-electron chi connectivity index (χ3n) is 3.38. The van der Waals surface area contributed by atoms with Gasteiger partial charge in [0.25, 0.3) is 11.5 Å². The largest absolute Gasteiger partial charge is 0.412 e. The molecule has 0 aliphatic heterocycles. The summed E-state index contributed by atoms with van der Waals surface area (Å²) in [5.41, 5.74) is -2.36. The van der Waals surface area contributed by atoms with E-state index in [1.165, 1.54) is 26.4 Å². The molecule has 128 valence electrons. The van der Waals surface area contributed by atoms with Gasteiger partial charge in [-0.2, -0.15) is 13.2 Å². The molecule has 0 fully saturated rings. The van der Waals surface area contributed by atoms with Gasteiger partial charge in [0.05, 0.1) is 0 Å². The van der Waals surface area contributed by atoms with Crippen LogP contribution in [-0.2, 0) is 14.1 Å². The highest BCUT2D eigenvalue weighted by Crippen LogP contribution is 2.32. The Morgan fingerprint density at radius 1 is 1.25 bits per heavy atom. The molecular formula is C14H13F3N4O3. The SMILES string of the molecule is Cn1c(C(=O)N[C@H](c2cccnc2)C(F)(F)F)cc(=O)n(C)c1=O. The molecule has 0 radical (unpaired) electrons. The number of hydrogen-bond acceptors (Lipinski definition) is 4. The summed E-state index contributed by atoms with van der Waals surface area (Å²) < 4.78 is 41.2. The van der Waals surface area contributed by atoms with Crippen molar-refractivity contribution in [2.45, 2.75) is 12.2 Å². The van der Waals surface area contributed by atoms with Crippen LogP contribution >= 0.6 is 0 Å². The molecule has 2 aromatic rings. The zero-order valence-electron chi connectivity index (χ0n) is 12.7. The lowest BCUT2D eigenvalue weighted by atomic mass is 10.1. The second-order valence-corrected chi connectivity index (χ2v) is 5.00. The quantitative estimate of drug-likeness (QED) is 0.881. The molecule has 24 heavy (non-hydrogen) atoms. The van der Waals surface area contributed by atoms with E-state index in [1.807, 2.05) is 0 Å². The summed E-state index contributed by atoms with van der Waals surface area (Å²) in [7, 11) is 2.38. The minimum absolute atomic E-state index is 0.271. The van der Waals surface area contributed by atoms with Gasteiger partial charge in [-0.15, -0.1) is 0 Å². The molecular weight excluding hydrogens is 329 g/mol. The monoisotopic (exact) mass is 342 g/mol. The molecule has 0 unspecified atom stereocenters. The van der Waals surface area contributed by atoms with Crippen LogP contribution in [0.3, 0.4) is 0 Å². The molecule has 2 aromatic heterocycles. The summed E-state index contributed by atoms with van der Waals surface area (Å²) in [6.07, 6.45) is -2.51. The van der Waals surface area contributed by atoms with Crippen LogP contribution in [-0.4, -0.2) is 26.2 Å². The molecule has 0 bridgehead atoms. The van der Waals surface area contributed by atoms with Gasteiger partial charge in [0.1, 0.15) is 5.69 Å². The van der Waals surface area contributed by atoms with Gasteiger partial charge in [-0.25, -0.2) is 4.79 Å². The second kappa shape index (κ2) is 6.30. The molecule has 1 atom stereocenters. The summed E-state index contributed by atoms with van der Waals surface area (Å²) in [6.45, 7) is 0. The number of hydrogen-bond donors (Lipinski definition) is 1. The fraction of sp³-hybridized carbons (Fsp3) is 0.286. The minimum Gasteiger partial charge on any atom is -0.335 e. The minimum atomic E-state index is -4.78. The average molecular weight is 342 g/mol. The molecule has 0 saturated heterocycles. The van der Waals surface area contributed by atoms with Crippen LogP contribution in [0, 0.1) is 0 Å². The standard InChI is InChI=1S/C14H13F3N4O3/c1-20-9(6-10(22)21(2)13(20)24)12(23)19-11(14(15,16)17)8-4-3-5-18-7-8/h3-7,11H,1-2H3,(H,19,23)/t11-/m1/s1. The lowest BCUT2D eigenvalue weighted by Crippen LogP contribution is -2.44. The number of nitrogens with one attached hydrogen (secondary N) is 1. The summed E-state index contributed by atoms with van der Waals surface area (Å²) in [5.74, 6) is -1.20. The first-order chi connectivity index (χ1) is 11.1. The lowest BCUT2D eigenvalue weighted by molar-refractivity contribution is -0.155. The normalized spacial score (nSPS) is 12.7. The molecule has 2 heterocycles. The Labute approximate surface area is 133 Å². The first-order valence-electron chi connectivity index (χ1n) is 6.67. The number of pyridine rings is 1. The molecule has 7 nitrogen and oxygen atoms in total. The van der Waals surface area contributed by atoms with E-state index < -0.39 is 35.1 Å². The van der Waals surface area contributed by atoms with E-state index in [0.29, 0.717) is 0 Å². The van der Waals surface area contributed by atoms with Crippen LogP contribution in [0.4, 0.5) is 13.2 Å². The van der Waals surface area contributed by atoms with E-state index in [0.717, 1.165) is 27.5 Å². The Bertz CT molecular complexity index is 872. The van der Waals surface area contributed by atoms with E-state index >= 15 is 0 Å². The highest BCUT2D eigenvalue weighted by atomic mass is 19.4. The summed E-state index contributed by atoms with van der Waals surface area (Å²) >= 11 is 0. The van der Waals surface area contributed by atoms with Crippen molar-refractivity contribution in [3.63, 3.8) is 0 Å². The lowest BCUT2D eigenvalue weighted by Gasteiger charge is -2.22. The van der Waals surface area contributed by atoms with Crippen molar-refractivity contribution in [2.75, 3.05) is 0 Å². The number of aromatic nitrogens is 3. The van der Waals surface area contributed by atoms with Crippen molar-refractivity contribution >= 4 is 5.91 Å². The number of alkyl halides is 3.